The van der Waals surface area contributed by atoms with Gasteiger partial charge >= 0.3 is 0 Å². The van der Waals surface area contributed by atoms with Crippen LogP contribution in [0.4, 0.5) is 4.39 Å². The normalized spacial score (nSPS) is 19.0. The Bertz CT molecular complexity index is 1320. The smallest absolute Gasteiger partial charge is 0.246 e. The topological polar surface area (TPSA) is 68.6 Å². The highest BCUT2D eigenvalue weighted by atomic mass is 19.1. The molecule has 4 rings (SSSR count). The van der Waals surface area contributed by atoms with Crippen LogP contribution in [-0.2, 0) is 9.59 Å². The Morgan fingerprint density at radius 3 is 2.26 bits per heavy atom. The molecule has 0 aromatic heterocycles. The van der Waals surface area contributed by atoms with Crippen LogP contribution in [0.15, 0.2) is 77.4 Å². The first-order chi connectivity index (χ1) is 18.8. The average molecular weight is 530 g/mol. The standard InChI is InChI=1S/C31H36FN5O2/c1-6-30(39)35-15-17-36(18-16-35)31(33-5)37-29(27(20-38)24-12-8-7-11-23(24)21(2)3)19-26(22(4)34-37)25-13-9-10-14-28(25)32/h6-14,19-21,27,29H,1,15-18H2,2-5H3. The number of hydrogen-bond donors (Lipinski definition) is 0. The van der Waals surface area contributed by atoms with Gasteiger partial charge in [-0.3, -0.25) is 9.79 Å². The van der Waals surface area contributed by atoms with E-state index < -0.39 is 12.0 Å². The van der Waals surface area contributed by atoms with Gasteiger partial charge in [-0.05, 0) is 42.2 Å². The second-order valence-corrected chi connectivity index (χ2v) is 10.1. The van der Waals surface area contributed by atoms with Crippen molar-refractivity contribution in [3.8, 4) is 0 Å². The number of rotatable bonds is 6. The van der Waals surface area contributed by atoms with Gasteiger partial charge in [0, 0.05) is 44.4 Å². The minimum Gasteiger partial charge on any atom is -0.338 e. The molecule has 1 fully saturated rings. The number of carbonyl (C=O) groups is 2. The molecule has 7 nitrogen and oxygen atoms in total. The molecule has 2 aromatic rings. The third kappa shape index (κ3) is 5.70. The van der Waals surface area contributed by atoms with E-state index in [1.54, 1.807) is 35.2 Å². The van der Waals surface area contributed by atoms with E-state index in [1.807, 2.05) is 37.3 Å². The molecule has 0 spiro atoms. The molecule has 2 unspecified atom stereocenters. The summed E-state index contributed by atoms with van der Waals surface area (Å²) in [7, 11) is 1.70. The summed E-state index contributed by atoms with van der Waals surface area (Å²) in [4.78, 5) is 33.4. The molecule has 1 amide bonds. The third-order valence-corrected chi connectivity index (χ3v) is 7.38. The predicted molar refractivity (Wildman–Crippen MR) is 154 cm³/mol. The lowest BCUT2D eigenvalue weighted by atomic mass is 9.83. The van der Waals surface area contributed by atoms with E-state index in [-0.39, 0.29) is 17.6 Å². The monoisotopic (exact) mass is 529 g/mol. The molecule has 0 N–H and O–H groups in total. The van der Waals surface area contributed by atoms with E-state index in [4.69, 9.17) is 5.10 Å². The molecule has 2 aliphatic heterocycles. The minimum atomic E-state index is -0.581. The summed E-state index contributed by atoms with van der Waals surface area (Å²) < 4.78 is 14.9. The van der Waals surface area contributed by atoms with Gasteiger partial charge in [-0.15, -0.1) is 0 Å². The zero-order valence-corrected chi connectivity index (χ0v) is 23.0. The Labute approximate surface area is 230 Å². The van der Waals surface area contributed by atoms with Crippen LogP contribution in [-0.4, -0.2) is 77.9 Å². The van der Waals surface area contributed by atoms with Crippen molar-refractivity contribution >= 4 is 29.4 Å². The maximum Gasteiger partial charge on any atom is 0.246 e. The molecular weight excluding hydrogens is 493 g/mol. The molecule has 0 saturated carbocycles. The summed E-state index contributed by atoms with van der Waals surface area (Å²) >= 11 is 0. The molecule has 0 radical (unpaired) electrons. The summed E-state index contributed by atoms with van der Waals surface area (Å²) in [5.74, 6) is -0.220. The average Bonchev–Trinajstić information content (AvgIpc) is 2.95. The lowest BCUT2D eigenvalue weighted by Crippen LogP contribution is -2.56. The van der Waals surface area contributed by atoms with Gasteiger partial charge < -0.3 is 14.6 Å². The molecule has 0 aliphatic carbocycles. The van der Waals surface area contributed by atoms with Gasteiger partial charge in [-0.25, -0.2) is 9.40 Å². The highest BCUT2D eigenvalue weighted by Gasteiger charge is 2.37. The number of halogens is 1. The quantitative estimate of drug-likeness (QED) is 0.236. The van der Waals surface area contributed by atoms with Gasteiger partial charge in [0.2, 0.25) is 11.9 Å². The maximum absolute atomic E-state index is 14.9. The highest BCUT2D eigenvalue weighted by molar-refractivity contribution is 6.23. The molecule has 2 aromatic carbocycles. The lowest BCUT2D eigenvalue weighted by molar-refractivity contribution is -0.127. The number of allylic oxidation sites excluding steroid dienone is 1. The fourth-order valence-electron chi connectivity index (χ4n) is 5.36. The van der Waals surface area contributed by atoms with E-state index in [2.05, 4.69) is 30.3 Å². The number of aliphatic imine (C=N–C) groups is 1. The Kier molecular flexibility index (Phi) is 8.74. The van der Waals surface area contributed by atoms with Crippen molar-refractivity contribution in [1.29, 1.82) is 0 Å². The van der Waals surface area contributed by atoms with Crippen LogP contribution < -0.4 is 0 Å². The number of benzene rings is 2. The van der Waals surface area contributed by atoms with Crippen molar-refractivity contribution in [2.24, 2.45) is 10.1 Å². The van der Waals surface area contributed by atoms with E-state index in [1.165, 1.54) is 12.1 Å². The largest absolute Gasteiger partial charge is 0.338 e. The Morgan fingerprint density at radius 2 is 1.67 bits per heavy atom. The van der Waals surface area contributed by atoms with Gasteiger partial charge in [-0.2, -0.15) is 5.10 Å². The number of hydrogen-bond acceptors (Lipinski definition) is 4. The Morgan fingerprint density at radius 1 is 1.05 bits per heavy atom. The summed E-state index contributed by atoms with van der Waals surface area (Å²) in [5, 5.41) is 6.73. The zero-order chi connectivity index (χ0) is 28.1. The maximum atomic E-state index is 14.9. The van der Waals surface area contributed by atoms with Crippen molar-refractivity contribution in [1.82, 2.24) is 14.8 Å². The van der Waals surface area contributed by atoms with Gasteiger partial charge in [-0.1, -0.05) is 62.9 Å². The molecule has 8 heteroatoms. The molecule has 2 atom stereocenters. The fraction of sp³-hybridized carbons (Fsp3) is 0.355. The second-order valence-electron chi connectivity index (χ2n) is 10.1. The highest BCUT2D eigenvalue weighted by Crippen LogP contribution is 2.35. The first kappa shape index (κ1) is 28.0. The molecule has 2 aliphatic rings. The second kappa shape index (κ2) is 12.2. The predicted octanol–water partition coefficient (Wildman–Crippen LogP) is 4.69. The van der Waals surface area contributed by atoms with Crippen LogP contribution in [0.3, 0.4) is 0 Å². The fourth-order valence-corrected chi connectivity index (χ4v) is 5.36. The van der Waals surface area contributed by atoms with Crippen molar-refractivity contribution in [3.63, 3.8) is 0 Å². The number of hydrazone groups is 1. The number of aldehydes is 1. The molecule has 2 heterocycles. The molecular formula is C31H36FN5O2. The van der Waals surface area contributed by atoms with Crippen molar-refractivity contribution in [2.75, 3.05) is 33.2 Å². The summed E-state index contributed by atoms with van der Waals surface area (Å²) in [6, 6.07) is 14.0. The Hall–Kier alpha value is -4.07. The van der Waals surface area contributed by atoms with Gasteiger partial charge in [0.25, 0.3) is 0 Å². The SMILES string of the molecule is C=CC(=O)N1CCN(C(=NC)N2N=C(C)C(c3ccccc3F)=CC2C(C=O)c2ccccc2C(C)C)CC1. The van der Waals surface area contributed by atoms with Crippen molar-refractivity contribution < 1.29 is 14.0 Å². The van der Waals surface area contributed by atoms with Crippen molar-refractivity contribution in [2.45, 2.75) is 38.6 Å². The number of carbonyl (C=O) groups excluding carboxylic acids is 2. The van der Waals surface area contributed by atoms with E-state index in [0.717, 1.165) is 17.4 Å². The van der Waals surface area contributed by atoms with E-state index in [0.29, 0.717) is 49.0 Å². The van der Waals surface area contributed by atoms with Crippen LogP contribution >= 0.6 is 0 Å². The third-order valence-electron chi connectivity index (χ3n) is 7.38. The van der Waals surface area contributed by atoms with Gasteiger partial charge in [0.1, 0.15) is 12.1 Å². The minimum absolute atomic E-state index is 0.0990. The summed E-state index contributed by atoms with van der Waals surface area (Å²) in [5.41, 5.74) is 3.71. The number of piperazine rings is 1. The van der Waals surface area contributed by atoms with Crippen LogP contribution in [0.1, 0.15) is 49.3 Å². The van der Waals surface area contributed by atoms with Crippen molar-refractivity contribution in [3.05, 3.63) is 89.8 Å². The van der Waals surface area contributed by atoms with E-state index >= 15 is 0 Å². The van der Waals surface area contributed by atoms with Crippen LogP contribution in [0.25, 0.3) is 5.57 Å². The Balaban J connectivity index is 1.79. The summed E-state index contributed by atoms with van der Waals surface area (Å²) in [6.45, 7) is 11.8. The van der Waals surface area contributed by atoms with E-state index in [9.17, 15) is 14.0 Å². The molecule has 204 valence electrons. The molecule has 1 saturated heterocycles. The van der Waals surface area contributed by atoms with Crippen LogP contribution in [0.5, 0.6) is 0 Å². The van der Waals surface area contributed by atoms with Gasteiger partial charge in [0.15, 0.2) is 0 Å². The molecule has 39 heavy (non-hydrogen) atoms. The first-order valence-corrected chi connectivity index (χ1v) is 13.3. The zero-order valence-electron chi connectivity index (χ0n) is 23.0. The van der Waals surface area contributed by atoms with Gasteiger partial charge in [0.05, 0.1) is 17.7 Å². The van der Waals surface area contributed by atoms with Crippen LogP contribution in [0, 0.1) is 5.82 Å². The van der Waals surface area contributed by atoms with Crippen LogP contribution in [0.2, 0.25) is 0 Å². The number of nitrogens with zero attached hydrogens (tertiary/aromatic N) is 5. The molecule has 0 bridgehead atoms. The first-order valence-electron chi connectivity index (χ1n) is 13.3. The lowest BCUT2D eigenvalue weighted by Gasteiger charge is -2.42. The number of amides is 1. The summed E-state index contributed by atoms with van der Waals surface area (Å²) in [6.07, 6.45) is 4.23. The number of guanidine groups is 1.